The number of nitrogens with zero attached hydrogens (tertiary/aromatic N) is 2. The number of aliphatic hydroxyl groups excluding tert-OH is 2. The van der Waals surface area contributed by atoms with E-state index in [0.29, 0.717) is 32.6 Å². The van der Waals surface area contributed by atoms with Crippen molar-refractivity contribution >= 4 is 23.4 Å². The lowest BCUT2D eigenvalue weighted by molar-refractivity contribution is -0.257. The van der Waals surface area contributed by atoms with Crippen molar-refractivity contribution in [1.82, 2.24) is 4.90 Å². The number of amides is 1. The van der Waals surface area contributed by atoms with Crippen molar-refractivity contribution in [1.29, 1.82) is 0 Å². The summed E-state index contributed by atoms with van der Waals surface area (Å²) in [4.78, 5) is 23.9. The van der Waals surface area contributed by atoms with Gasteiger partial charge in [0, 0.05) is 54.2 Å². The summed E-state index contributed by atoms with van der Waals surface area (Å²) in [6.07, 6.45) is 12.1. The molecule has 3 aliphatic carbocycles. The van der Waals surface area contributed by atoms with E-state index in [9.17, 15) is 15.0 Å². The number of unbranched alkanes of at least 4 members (excludes halogenated alkanes) is 2. The summed E-state index contributed by atoms with van der Waals surface area (Å²) in [5.41, 5.74) is 3.95. The summed E-state index contributed by atoms with van der Waals surface area (Å²) >= 11 is 1.77. The standard InChI is InChI=1S/C49H62N2O7S/c1-3-25-51(48(54)36-21-22-36)45-33-43(50-57-34-35-15-7-5-8-16-35)41-31-37(17-11-13-26-52)40(20-12-14-27-53)46-42-32-38(55-29-30-59-39-18-9-6-10-19-39)23-24-44(42)58-49(45,47(41)46)56-28-4-2/h4-10,15-16,18-19,23-24,31-32,36-37,40,45-47,52-53H,2-3,11-14,17,20-22,25-30,33-34H2,1H3/t37-,40+,45-,46+,47+,49+/m0/s1. The minimum Gasteiger partial charge on any atom is -0.493 e. The second kappa shape index (κ2) is 20.9. The molecule has 2 saturated carbocycles. The summed E-state index contributed by atoms with van der Waals surface area (Å²) in [5.74, 6) is 1.12. The second-order valence-corrected chi connectivity index (χ2v) is 17.5. The normalized spacial score (nSPS) is 25.0. The first-order chi connectivity index (χ1) is 29.0. The van der Waals surface area contributed by atoms with Crippen LogP contribution in [-0.4, -0.2) is 77.3 Å². The molecular weight excluding hydrogens is 761 g/mol. The molecule has 3 aromatic carbocycles. The first kappa shape index (κ1) is 43.0. The van der Waals surface area contributed by atoms with Crippen LogP contribution in [0.15, 0.2) is 113 Å². The van der Waals surface area contributed by atoms with Crippen molar-refractivity contribution in [2.45, 2.75) is 100 Å². The number of oxime groups is 1. The largest absolute Gasteiger partial charge is 0.493 e. The van der Waals surface area contributed by atoms with Crippen molar-refractivity contribution in [3.8, 4) is 11.5 Å². The number of rotatable bonds is 23. The number of allylic oxidation sites excluding steroid dienone is 1. The van der Waals surface area contributed by atoms with E-state index >= 15 is 0 Å². The van der Waals surface area contributed by atoms with Gasteiger partial charge in [-0.05, 0) is 98.2 Å². The first-order valence-corrected chi connectivity index (χ1v) is 22.8. The van der Waals surface area contributed by atoms with Gasteiger partial charge >= 0.3 is 0 Å². The van der Waals surface area contributed by atoms with Crippen molar-refractivity contribution in [3.05, 3.63) is 114 Å². The van der Waals surface area contributed by atoms with Crippen molar-refractivity contribution in [3.63, 3.8) is 0 Å². The van der Waals surface area contributed by atoms with Gasteiger partial charge in [-0.25, -0.2) is 0 Å². The van der Waals surface area contributed by atoms with Crippen molar-refractivity contribution in [2.24, 2.45) is 28.8 Å². The number of hydrogen-bond donors (Lipinski definition) is 2. The van der Waals surface area contributed by atoms with Gasteiger partial charge in [0.05, 0.1) is 24.8 Å². The molecule has 10 heteroatoms. The van der Waals surface area contributed by atoms with Gasteiger partial charge in [-0.1, -0.05) is 85.6 Å². The molecule has 2 fully saturated rings. The zero-order valence-electron chi connectivity index (χ0n) is 34.6. The van der Waals surface area contributed by atoms with Crippen LogP contribution in [0.1, 0.15) is 88.2 Å². The summed E-state index contributed by atoms with van der Waals surface area (Å²) in [7, 11) is 0. The fourth-order valence-corrected chi connectivity index (χ4v) is 10.3. The smallest absolute Gasteiger partial charge is 0.239 e. The molecule has 0 bridgehead atoms. The summed E-state index contributed by atoms with van der Waals surface area (Å²) in [6.45, 7) is 8.14. The molecule has 0 unspecified atom stereocenters. The Morgan fingerprint density at radius 3 is 2.46 bits per heavy atom. The van der Waals surface area contributed by atoms with Gasteiger partial charge in [0.15, 0.2) is 0 Å². The lowest BCUT2D eigenvalue weighted by Gasteiger charge is -2.60. The maximum atomic E-state index is 14.4. The number of carbonyl (C=O) groups is 1. The lowest BCUT2D eigenvalue weighted by Crippen LogP contribution is -2.70. The van der Waals surface area contributed by atoms with Gasteiger partial charge in [0.2, 0.25) is 11.7 Å². The Morgan fingerprint density at radius 1 is 1.00 bits per heavy atom. The Kier molecular flexibility index (Phi) is 15.3. The number of hydrogen-bond acceptors (Lipinski definition) is 9. The predicted octanol–water partition coefficient (Wildman–Crippen LogP) is 9.34. The molecule has 316 valence electrons. The highest BCUT2D eigenvalue weighted by atomic mass is 32.2. The number of benzene rings is 3. The Morgan fingerprint density at radius 2 is 1.75 bits per heavy atom. The molecular formula is C49H62N2O7S. The first-order valence-electron chi connectivity index (χ1n) is 21.9. The third kappa shape index (κ3) is 10.1. The molecule has 59 heavy (non-hydrogen) atoms. The van der Waals surface area contributed by atoms with E-state index in [1.54, 1.807) is 17.8 Å². The van der Waals surface area contributed by atoms with Crippen LogP contribution in [0.5, 0.6) is 11.5 Å². The molecule has 1 heterocycles. The summed E-state index contributed by atoms with van der Waals surface area (Å²) < 4.78 is 21.0. The molecule has 0 spiro atoms. The average Bonchev–Trinajstić information content (AvgIpc) is 4.12. The van der Waals surface area contributed by atoms with Gasteiger partial charge in [0.1, 0.15) is 24.1 Å². The summed E-state index contributed by atoms with van der Waals surface area (Å²) in [5, 5.41) is 24.8. The highest BCUT2D eigenvalue weighted by Gasteiger charge is 2.65. The molecule has 7 rings (SSSR count). The van der Waals surface area contributed by atoms with E-state index in [4.69, 9.17) is 24.2 Å². The van der Waals surface area contributed by atoms with Gasteiger partial charge in [-0.2, -0.15) is 0 Å². The van der Waals surface area contributed by atoms with Crippen LogP contribution in [0.4, 0.5) is 0 Å². The van der Waals surface area contributed by atoms with E-state index in [1.807, 2.05) is 53.4 Å². The van der Waals surface area contributed by atoms with Crippen molar-refractivity contribution < 1.29 is 34.1 Å². The highest BCUT2D eigenvalue weighted by Crippen LogP contribution is 2.62. The number of thioether (sulfide) groups is 1. The zero-order chi connectivity index (χ0) is 41.0. The van der Waals surface area contributed by atoms with E-state index in [1.165, 1.54) is 4.90 Å². The molecule has 0 saturated heterocycles. The number of aliphatic hydroxyl groups is 2. The summed E-state index contributed by atoms with van der Waals surface area (Å²) in [6, 6.07) is 26.1. The quantitative estimate of drug-likeness (QED) is 0.0422. The Bertz CT molecular complexity index is 1890. The van der Waals surface area contributed by atoms with Gasteiger partial charge < -0.3 is 34.2 Å². The topological polar surface area (TPSA) is 110 Å². The third-order valence-electron chi connectivity index (χ3n) is 12.3. The van der Waals surface area contributed by atoms with Gasteiger partial charge in [0.25, 0.3) is 0 Å². The molecule has 6 atom stereocenters. The van der Waals surface area contributed by atoms with Gasteiger partial charge in [-0.15, -0.1) is 18.3 Å². The predicted molar refractivity (Wildman–Crippen MR) is 234 cm³/mol. The number of ether oxygens (including phenoxy) is 3. The number of carbonyl (C=O) groups excluding carboxylic acids is 1. The average molecular weight is 823 g/mol. The Balaban J connectivity index is 1.35. The molecule has 9 nitrogen and oxygen atoms in total. The van der Waals surface area contributed by atoms with Crippen LogP contribution in [0.2, 0.25) is 0 Å². The molecule has 1 amide bonds. The molecule has 0 aromatic heterocycles. The van der Waals surface area contributed by atoms with Crippen LogP contribution in [0.3, 0.4) is 0 Å². The number of fused-ring (bicyclic) bond motifs is 2. The lowest BCUT2D eigenvalue weighted by atomic mass is 9.55. The second-order valence-electron chi connectivity index (χ2n) is 16.3. The fraction of sp³-hybridized carbons (Fsp3) is 0.510. The van der Waals surface area contributed by atoms with Crippen LogP contribution in [0, 0.1) is 23.7 Å². The fourth-order valence-electron chi connectivity index (χ4n) is 9.56. The molecule has 2 N–H and O–H groups in total. The maximum absolute atomic E-state index is 14.4. The van der Waals surface area contributed by atoms with E-state index in [2.05, 4.69) is 49.9 Å². The van der Waals surface area contributed by atoms with Crippen molar-refractivity contribution in [2.75, 3.05) is 38.7 Å². The van der Waals surface area contributed by atoms with Crippen LogP contribution < -0.4 is 9.47 Å². The van der Waals surface area contributed by atoms with Crippen LogP contribution >= 0.6 is 11.8 Å². The van der Waals surface area contributed by atoms with Crippen LogP contribution in [0.25, 0.3) is 0 Å². The van der Waals surface area contributed by atoms with Crippen LogP contribution in [-0.2, 0) is 21.0 Å². The Labute approximate surface area is 354 Å². The zero-order valence-corrected chi connectivity index (χ0v) is 35.4. The minimum absolute atomic E-state index is 0.00425. The van der Waals surface area contributed by atoms with E-state index in [-0.39, 0.29) is 55.3 Å². The highest BCUT2D eigenvalue weighted by molar-refractivity contribution is 7.99. The van der Waals surface area contributed by atoms with E-state index < -0.39 is 11.8 Å². The Hall–Kier alpha value is -4.09. The SMILES string of the molecule is C=CCO[C@@]12Oc3ccc(OCCSc4ccccc4)cc3[C@H]3[C@H](CCCCO)[C@@H](CCCCO)C=C(C(=NOCc4ccccc4)C[C@@H]1N(CCC)C(=O)C1CC1)[C@H]32. The van der Waals surface area contributed by atoms with Gasteiger partial charge in [-0.3, -0.25) is 4.79 Å². The molecule has 3 aromatic rings. The third-order valence-corrected chi connectivity index (χ3v) is 13.3. The molecule has 0 radical (unpaired) electrons. The minimum atomic E-state index is -1.24. The molecule has 1 aliphatic heterocycles. The monoisotopic (exact) mass is 822 g/mol. The molecule has 4 aliphatic rings. The maximum Gasteiger partial charge on any atom is 0.239 e. The van der Waals surface area contributed by atoms with E-state index in [0.717, 1.165) is 91.0 Å².